The van der Waals surface area contributed by atoms with E-state index < -0.39 is 22.5 Å². The van der Waals surface area contributed by atoms with Crippen LogP contribution in [0, 0.1) is 0 Å². The second-order valence-corrected chi connectivity index (χ2v) is 9.20. The summed E-state index contributed by atoms with van der Waals surface area (Å²) < 4.78 is 56.7. The van der Waals surface area contributed by atoms with Gasteiger partial charge in [0, 0.05) is 17.8 Å². The van der Waals surface area contributed by atoms with Gasteiger partial charge in [0.2, 0.25) is 0 Å². The topological polar surface area (TPSA) is 75.7 Å². The predicted octanol–water partition coefficient (Wildman–Crippen LogP) is 4.95. The summed E-state index contributed by atoms with van der Waals surface area (Å²) in [6, 6.07) is 16.5. The minimum atomic E-state index is -3.99. The van der Waals surface area contributed by atoms with E-state index in [1.807, 2.05) is 12.1 Å². The summed E-state index contributed by atoms with van der Waals surface area (Å²) in [5.74, 6) is -0.633. The van der Waals surface area contributed by atoms with E-state index in [0.29, 0.717) is 17.8 Å². The maximum absolute atomic E-state index is 13.3. The van der Waals surface area contributed by atoms with Gasteiger partial charge in [-0.05, 0) is 60.5 Å². The molecule has 0 saturated carbocycles. The molecule has 1 N–H and O–H groups in total. The Balaban J connectivity index is 1.58. The van der Waals surface area contributed by atoms with Gasteiger partial charge in [0.15, 0.2) is 0 Å². The first kappa shape index (κ1) is 22.0. The summed E-state index contributed by atoms with van der Waals surface area (Å²) >= 11 is 6.20. The van der Waals surface area contributed by atoms with E-state index in [1.165, 1.54) is 46.8 Å². The first-order valence-corrected chi connectivity index (χ1v) is 11.3. The van der Waals surface area contributed by atoms with Crippen LogP contribution in [0.4, 0.5) is 20.2 Å². The Kier molecular flexibility index (Phi) is 6.03. The van der Waals surface area contributed by atoms with E-state index in [2.05, 4.69) is 10.1 Å². The third kappa shape index (κ3) is 4.39. The third-order valence-electron chi connectivity index (χ3n) is 4.94. The molecule has 0 aliphatic carbocycles. The summed E-state index contributed by atoms with van der Waals surface area (Å²) in [7, 11) is -3.99. The molecule has 0 bridgehead atoms. The predicted molar refractivity (Wildman–Crippen MR) is 117 cm³/mol. The number of sulfonamides is 1. The fourth-order valence-corrected chi connectivity index (χ4v) is 5.45. The molecule has 1 heterocycles. The van der Waals surface area contributed by atoms with Crippen molar-refractivity contribution in [1.82, 2.24) is 0 Å². The molecule has 10 heteroatoms. The number of nitrogens with zero attached hydrogens (tertiary/aromatic N) is 1. The van der Waals surface area contributed by atoms with E-state index in [0.717, 1.165) is 5.56 Å². The van der Waals surface area contributed by atoms with Crippen LogP contribution in [0.15, 0.2) is 71.6 Å². The minimum Gasteiger partial charge on any atom is -0.435 e. The first-order chi connectivity index (χ1) is 15.3. The highest BCUT2D eigenvalue weighted by Gasteiger charge is 2.32. The number of para-hydroxylation sites is 1. The molecule has 0 saturated heterocycles. The van der Waals surface area contributed by atoms with Gasteiger partial charge in [-0.2, -0.15) is 8.78 Å². The Morgan fingerprint density at radius 2 is 1.78 bits per heavy atom. The smallest absolute Gasteiger partial charge is 0.387 e. The maximum atomic E-state index is 13.3. The number of alkyl halides is 2. The van der Waals surface area contributed by atoms with E-state index in [4.69, 9.17) is 11.6 Å². The molecule has 0 fully saturated rings. The molecule has 0 unspecified atom stereocenters. The number of carbonyl (C=O) groups excluding carboxylic acids is 1. The van der Waals surface area contributed by atoms with Crippen LogP contribution in [-0.2, 0) is 16.4 Å². The average Bonchev–Trinajstić information content (AvgIpc) is 3.20. The number of ether oxygens (including phenoxy) is 1. The molecule has 3 aromatic carbocycles. The highest BCUT2D eigenvalue weighted by Crippen LogP contribution is 2.35. The Bertz CT molecular complexity index is 1270. The molecule has 6 nitrogen and oxygen atoms in total. The van der Waals surface area contributed by atoms with Gasteiger partial charge in [0.05, 0.1) is 10.7 Å². The Hall–Kier alpha value is -3.17. The lowest BCUT2D eigenvalue weighted by atomic mass is 10.2. The molecule has 3 aromatic rings. The highest BCUT2D eigenvalue weighted by molar-refractivity contribution is 7.93. The first-order valence-electron chi connectivity index (χ1n) is 9.52. The van der Waals surface area contributed by atoms with Gasteiger partial charge in [-0.3, -0.25) is 9.10 Å². The quantitative estimate of drug-likeness (QED) is 0.544. The summed E-state index contributed by atoms with van der Waals surface area (Å²) in [5.41, 5.74) is 1.91. The van der Waals surface area contributed by atoms with Gasteiger partial charge < -0.3 is 10.1 Å². The molecular weight excluding hydrogens is 462 g/mol. The molecule has 166 valence electrons. The van der Waals surface area contributed by atoms with Crippen molar-refractivity contribution in [1.29, 1.82) is 0 Å². The van der Waals surface area contributed by atoms with Crippen molar-refractivity contribution in [3.8, 4) is 5.75 Å². The van der Waals surface area contributed by atoms with Crippen LogP contribution < -0.4 is 14.4 Å². The van der Waals surface area contributed by atoms with Crippen LogP contribution in [-0.4, -0.2) is 27.5 Å². The molecule has 32 heavy (non-hydrogen) atoms. The molecule has 1 aliphatic rings. The van der Waals surface area contributed by atoms with Gasteiger partial charge in [-0.1, -0.05) is 29.8 Å². The summed E-state index contributed by atoms with van der Waals surface area (Å²) in [6.07, 6.45) is 0.582. The monoisotopic (exact) mass is 478 g/mol. The zero-order valence-corrected chi connectivity index (χ0v) is 18.0. The van der Waals surface area contributed by atoms with E-state index in [1.54, 1.807) is 12.1 Å². The van der Waals surface area contributed by atoms with Crippen LogP contribution in [0.5, 0.6) is 5.75 Å². The van der Waals surface area contributed by atoms with Crippen LogP contribution in [0.2, 0.25) is 5.02 Å². The largest absolute Gasteiger partial charge is 0.435 e. The second-order valence-electron chi connectivity index (χ2n) is 6.96. The highest BCUT2D eigenvalue weighted by atomic mass is 35.5. The van der Waals surface area contributed by atoms with Crippen molar-refractivity contribution >= 4 is 38.9 Å². The summed E-state index contributed by atoms with van der Waals surface area (Å²) in [4.78, 5) is 12.5. The number of hydrogen-bond donors (Lipinski definition) is 1. The number of hydrogen-bond acceptors (Lipinski definition) is 4. The van der Waals surface area contributed by atoms with Crippen LogP contribution >= 0.6 is 11.6 Å². The number of rotatable bonds is 6. The molecule has 0 radical (unpaired) electrons. The number of carbonyl (C=O) groups is 1. The number of halogens is 3. The second kappa shape index (κ2) is 8.76. The Morgan fingerprint density at radius 1 is 1.06 bits per heavy atom. The zero-order chi connectivity index (χ0) is 22.9. The zero-order valence-electron chi connectivity index (χ0n) is 16.5. The summed E-state index contributed by atoms with van der Waals surface area (Å²) in [6.45, 7) is -2.67. The van der Waals surface area contributed by atoms with Crippen molar-refractivity contribution in [3.63, 3.8) is 0 Å². The van der Waals surface area contributed by atoms with E-state index >= 15 is 0 Å². The number of amides is 1. The molecule has 0 spiro atoms. The van der Waals surface area contributed by atoms with Gasteiger partial charge >= 0.3 is 6.61 Å². The maximum Gasteiger partial charge on any atom is 0.387 e. The normalized spacial score (nSPS) is 13.2. The van der Waals surface area contributed by atoms with E-state index in [-0.39, 0.29) is 27.8 Å². The lowest BCUT2D eigenvalue weighted by molar-refractivity contribution is -0.0498. The minimum absolute atomic E-state index is 0.000526. The van der Waals surface area contributed by atoms with Crippen molar-refractivity contribution < 1.29 is 26.7 Å². The van der Waals surface area contributed by atoms with Gasteiger partial charge in [-0.15, -0.1) is 0 Å². The summed E-state index contributed by atoms with van der Waals surface area (Å²) in [5, 5.41) is 2.59. The third-order valence-corrected chi connectivity index (χ3v) is 7.24. The number of fused-ring (bicyclic) bond motifs is 1. The molecule has 1 amide bonds. The van der Waals surface area contributed by atoms with E-state index in [9.17, 15) is 22.0 Å². The lowest BCUT2D eigenvalue weighted by Crippen LogP contribution is -2.29. The molecule has 0 atom stereocenters. The van der Waals surface area contributed by atoms with Crippen LogP contribution in [0.3, 0.4) is 0 Å². The van der Waals surface area contributed by atoms with Crippen LogP contribution in [0.1, 0.15) is 15.9 Å². The van der Waals surface area contributed by atoms with Gasteiger partial charge in [0.1, 0.15) is 10.6 Å². The number of anilines is 2. The Morgan fingerprint density at radius 3 is 2.50 bits per heavy atom. The molecule has 1 aliphatic heterocycles. The van der Waals surface area contributed by atoms with Crippen molar-refractivity contribution in [3.05, 3.63) is 82.9 Å². The van der Waals surface area contributed by atoms with Crippen molar-refractivity contribution in [2.24, 2.45) is 0 Å². The van der Waals surface area contributed by atoms with Crippen molar-refractivity contribution in [2.45, 2.75) is 17.9 Å². The fourth-order valence-electron chi connectivity index (χ4n) is 3.44. The van der Waals surface area contributed by atoms with Gasteiger partial charge in [0.25, 0.3) is 15.9 Å². The van der Waals surface area contributed by atoms with Crippen molar-refractivity contribution in [2.75, 3.05) is 16.2 Å². The number of nitrogens with one attached hydrogen (secondary N) is 1. The lowest BCUT2D eigenvalue weighted by Gasteiger charge is -2.20. The SMILES string of the molecule is O=C(Nc1ccc(OC(F)F)cc1)c1ccc(Cl)c(S(=O)(=O)N2CCc3ccccc32)c1. The molecule has 4 rings (SSSR count). The standard InChI is InChI=1S/C22H17ClF2N2O4S/c23-18-10-5-15(21(28)26-16-6-8-17(9-7-16)31-22(24)25)13-20(18)32(29,30)27-12-11-14-3-1-2-4-19(14)27/h1-10,13,22H,11-12H2,(H,26,28). The Labute approximate surface area is 188 Å². The fraction of sp³-hybridized carbons (Fsp3) is 0.136. The molecular formula is C22H17ClF2N2O4S. The number of benzene rings is 3. The average molecular weight is 479 g/mol. The van der Waals surface area contributed by atoms with Crippen LogP contribution in [0.25, 0.3) is 0 Å². The van der Waals surface area contributed by atoms with Gasteiger partial charge in [-0.25, -0.2) is 8.42 Å². The molecule has 0 aromatic heterocycles.